The van der Waals surface area contributed by atoms with Gasteiger partial charge >= 0.3 is 0 Å². The molecule has 0 spiro atoms. The summed E-state index contributed by atoms with van der Waals surface area (Å²) in [5.74, 6) is 1.10. The quantitative estimate of drug-likeness (QED) is 0.842. The second-order valence-corrected chi connectivity index (χ2v) is 5.57. The maximum Gasteiger partial charge on any atom is 0.164 e. The lowest BCUT2D eigenvalue weighted by atomic mass is 9.94. The summed E-state index contributed by atoms with van der Waals surface area (Å²) in [4.78, 5) is 18.9. The lowest BCUT2D eigenvalue weighted by Gasteiger charge is -2.25. The van der Waals surface area contributed by atoms with Crippen LogP contribution in [0.3, 0.4) is 0 Å². The van der Waals surface area contributed by atoms with Crippen LogP contribution in [0.15, 0.2) is 6.07 Å². The van der Waals surface area contributed by atoms with Gasteiger partial charge in [0.05, 0.1) is 11.4 Å². The Kier molecular flexibility index (Phi) is 3.40. The van der Waals surface area contributed by atoms with Crippen molar-refractivity contribution >= 4 is 17.3 Å². The first-order chi connectivity index (χ1) is 9.25. The maximum absolute atomic E-state index is 11.9. The fourth-order valence-electron chi connectivity index (χ4n) is 3.07. The van der Waals surface area contributed by atoms with Crippen LogP contribution in [0.4, 0.5) is 11.5 Å². The van der Waals surface area contributed by atoms with E-state index in [0.29, 0.717) is 12.1 Å². The number of anilines is 2. The summed E-state index contributed by atoms with van der Waals surface area (Å²) in [6.07, 6.45) is 7.45. The van der Waals surface area contributed by atoms with E-state index >= 15 is 0 Å². The third kappa shape index (κ3) is 2.44. The van der Waals surface area contributed by atoms with Crippen LogP contribution in [0.5, 0.6) is 0 Å². The van der Waals surface area contributed by atoms with Gasteiger partial charge in [0.25, 0.3) is 0 Å². The minimum atomic E-state index is 0.197. The molecule has 1 aliphatic heterocycles. The zero-order valence-electron chi connectivity index (χ0n) is 11.3. The summed E-state index contributed by atoms with van der Waals surface area (Å²) in [7, 11) is 0. The van der Waals surface area contributed by atoms with Crippen LogP contribution >= 0.6 is 0 Å². The van der Waals surface area contributed by atoms with Crippen molar-refractivity contribution in [2.75, 3.05) is 23.7 Å². The first-order valence-electron chi connectivity index (χ1n) is 7.33. The normalized spacial score (nSPS) is 20.0. The van der Waals surface area contributed by atoms with Crippen molar-refractivity contribution in [1.82, 2.24) is 4.98 Å². The number of ketones is 1. The van der Waals surface area contributed by atoms with Crippen LogP contribution in [0.25, 0.3) is 0 Å². The highest BCUT2D eigenvalue weighted by molar-refractivity contribution is 5.99. The van der Waals surface area contributed by atoms with E-state index in [1.165, 1.54) is 25.7 Å². The fourth-order valence-corrected chi connectivity index (χ4v) is 3.07. The average molecular weight is 259 g/mol. The van der Waals surface area contributed by atoms with Gasteiger partial charge in [0.15, 0.2) is 11.6 Å². The summed E-state index contributed by atoms with van der Waals surface area (Å²) in [5, 5.41) is 0. The SMILES string of the molecule is Nc1cc2c(nc1N1CCCCCC1)CCCC2=O. The minimum Gasteiger partial charge on any atom is -0.396 e. The molecule has 1 fully saturated rings. The Labute approximate surface area is 114 Å². The number of aryl methyl sites for hydroxylation is 1. The lowest BCUT2D eigenvalue weighted by molar-refractivity contribution is 0.0971. The zero-order valence-corrected chi connectivity index (χ0v) is 11.3. The largest absolute Gasteiger partial charge is 0.396 e. The molecule has 1 aromatic heterocycles. The number of nitrogens with two attached hydrogens (primary N) is 1. The van der Waals surface area contributed by atoms with Crippen molar-refractivity contribution in [3.8, 4) is 0 Å². The smallest absolute Gasteiger partial charge is 0.164 e. The van der Waals surface area contributed by atoms with Gasteiger partial charge in [-0.25, -0.2) is 4.98 Å². The first-order valence-corrected chi connectivity index (χ1v) is 7.33. The van der Waals surface area contributed by atoms with Crippen LogP contribution in [0.1, 0.15) is 54.6 Å². The van der Waals surface area contributed by atoms with E-state index in [1.807, 2.05) is 6.07 Å². The lowest BCUT2D eigenvalue weighted by Crippen LogP contribution is -2.27. The van der Waals surface area contributed by atoms with Gasteiger partial charge in [0.1, 0.15) is 0 Å². The highest BCUT2D eigenvalue weighted by Gasteiger charge is 2.22. The number of aromatic nitrogens is 1. The molecule has 2 aliphatic rings. The number of nitrogen functional groups attached to an aromatic ring is 1. The molecule has 2 N–H and O–H groups in total. The van der Waals surface area contributed by atoms with Gasteiger partial charge in [-0.2, -0.15) is 0 Å². The van der Waals surface area contributed by atoms with Crippen molar-refractivity contribution in [1.29, 1.82) is 0 Å². The molecule has 0 unspecified atom stereocenters. The zero-order chi connectivity index (χ0) is 13.2. The van der Waals surface area contributed by atoms with Crippen molar-refractivity contribution < 1.29 is 4.79 Å². The molecule has 1 aromatic rings. The Bertz CT molecular complexity index is 490. The molecule has 0 aromatic carbocycles. The molecule has 0 radical (unpaired) electrons. The van der Waals surface area contributed by atoms with Crippen molar-refractivity contribution in [3.05, 3.63) is 17.3 Å². The van der Waals surface area contributed by atoms with Crippen LogP contribution in [0, 0.1) is 0 Å². The molecule has 1 aliphatic carbocycles. The number of Topliss-reactive ketones (excluding diaryl/α,β-unsaturated/α-hetero) is 1. The monoisotopic (exact) mass is 259 g/mol. The standard InChI is InChI=1S/C15H21N3O/c16-12-10-11-13(6-5-7-14(11)19)17-15(12)18-8-3-1-2-4-9-18/h10H,1-9,16H2. The molecule has 0 amide bonds. The number of carbonyl (C=O) groups excluding carboxylic acids is 1. The highest BCUT2D eigenvalue weighted by Crippen LogP contribution is 2.29. The second kappa shape index (κ2) is 5.19. The molecule has 102 valence electrons. The van der Waals surface area contributed by atoms with Gasteiger partial charge in [-0.3, -0.25) is 4.79 Å². The number of carbonyl (C=O) groups is 1. The van der Waals surface area contributed by atoms with Gasteiger partial charge in [-0.05, 0) is 31.7 Å². The van der Waals surface area contributed by atoms with Gasteiger partial charge in [-0.15, -0.1) is 0 Å². The van der Waals surface area contributed by atoms with Crippen LogP contribution in [-0.2, 0) is 6.42 Å². The van der Waals surface area contributed by atoms with Crippen LogP contribution in [0.2, 0.25) is 0 Å². The highest BCUT2D eigenvalue weighted by atomic mass is 16.1. The first kappa shape index (κ1) is 12.5. The van der Waals surface area contributed by atoms with Crippen molar-refractivity contribution in [3.63, 3.8) is 0 Å². The van der Waals surface area contributed by atoms with Crippen LogP contribution in [-0.4, -0.2) is 23.9 Å². The number of fused-ring (bicyclic) bond motifs is 1. The average Bonchev–Trinajstić information content (AvgIpc) is 2.68. The Hall–Kier alpha value is -1.58. The molecule has 4 nitrogen and oxygen atoms in total. The third-order valence-corrected chi connectivity index (χ3v) is 4.13. The molecule has 2 heterocycles. The van der Waals surface area contributed by atoms with Crippen molar-refractivity contribution in [2.45, 2.75) is 44.9 Å². The topological polar surface area (TPSA) is 59.2 Å². The van der Waals surface area contributed by atoms with E-state index in [4.69, 9.17) is 10.7 Å². The van der Waals surface area contributed by atoms with Gasteiger partial charge in [0.2, 0.25) is 0 Å². The number of hydrogen-bond donors (Lipinski definition) is 1. The van der Waals surface area contributed by atoms with E-state index in [1.54, 1.807) is 0 Å². The number of hydrogen-bond acceptors (Lipinski definition) is 4. The van der Waals surface area contributed by atoms with Gasteiger partial charge in [-0.1, -0.05) is 12.8 Å². The molecule has 4 heteroatoms. The Balaban J connectivity index is 1.95. The second-order valence-electron chi connectivity index (χ2n) is 5.57. The molecular formula is C15H21N3O. The maximum atomic E-state index is 11.9. The van der Waals surface area contributed by atoms with E-state index in [-0.39, 0.29) is 5.78 Å². The fraction of sp³-hybridized carbons (Fsp3) is 0.600. The molecular weight excluding hydrogens is 238 g/mol. The van der Waals surface area contributed by atoms with Gasteiger partial charge < -0.3 is 10.6 Å². The Morgan fingerprint density at radius 3 is 2.53 bits per heavy atom. The number of nitrogens with zero attached hydrogens (tertiary/aromatic N) is 2. The summed E-state index contributed by atoms with van der Waals surface area (Å²) < 4.78 is 0. The van der Waals surface area contributed by atoms with Crippen molar-refractivity contribution in [2.24, 2.45) is 0 Å². The predicted molar refractivity (Wildman–Crippen MR) is 76.6 cm³/mol. The molecule has 0 saturated carbocycles. The molecule has 0 bridgehead atoms. The summed E-state index contributed by atoms with van der Waals surface area (Å²) in [5.41, 5.74) is 8.50. The van der Waals surface area contributed by atoms with E-state index in [2.05, 4.69) is 4.90 Å². The summed E-state index contributed by atoms with van der Waals surface area (Å²) in [6.45, 7) is 2.06. The number of rotatable bonds is 1. The molecule has 3 rings (SSSR count). The molecule has 19 heavy (non-hydrogen) atoms. The Morgan fingerprint density at radius 2 is 1.79 bits per heavy atom. The van der Waals surface area contributed by atoms with E-state index in [0.717, 1.165) is 43.0 Å². The molecule has 0 atom stereocenters. The summed E-state index contributed by atoms with van der Waals surface area (Å²) >= 11 is 0. The van der Waals surface area contributed by atoms with E-state index in [9.17, 15) is 4.79 Å². The third-order valence-electron chi connectivity index (χ3n) is 4.13. The predicted octanol–water partition coefficient (Wildman–Crippen LogP) is 2.56. The summed E-state index contributed by atoms with van der Waals surface area (Å²) in [6, 6.07) is 1.85. The molecule has 1 saturated heterocycles. The number of pyridine rings is 1. The van der Waals surface area contributed by atoms with Gasteiger partial charge in [0, 0.05) is 25.1 Å². The minimum absolute atomic E-state index is 0.197. The van der Waals surface area contributed by atoms with Crippen LogP contribution < -0.4 is 10.6 Å². The van der Waals surface area contributed by atoms with E-state index < -0.39 is 0 Å². The Morgan fingerprint density at radius 1 is 1.05 bits per heavy atom.